The highest BCUT2D eigenvalue weighted by Gasteiger charge is 2.31. The van der Waals surface area contributed by atoms with Crippen LogP contribution in [0.15, 0.2) is 0 Å². The summed E-state index contributed by atoms with van der Waals surface area (Å²) in [5.41, 5.74) is 0.0438. The lowest BCUT2D eigenvalue weighted by atomic mass is 9.95. The van der Waals surface area contributed by atoms with Crippen LogP contribution in [0.1, 0.15) is 46.5 Å². The highest BCUT2D eigenvalue weighted by molar-refractivity contribution is 5.76. The Hall–Kier alpha value is -1.10. The van der Waals surface area contributed by atoms with Crippen molar-refractivity contribution in [3.05, 3.63) is 0 Å². The molecule has 1 rings (SSSR count). The fourth-order valence-electron chi connectivity index (χ4n) is 2.65. The van der Waals surface area contributed by atoms with Gasteiger partial charge in [-0.3, -0.25) is 4.79 Å². The fourth-order valence-corrected chi connectivity index (χ4v) is 2.65. The summed E-state index contributed by atoms with van der Waals surface area (Å²) in [5, 5.41) is 12.7. The molecule has 5 nitrogen and oxygen atoms in total. The first kappa shape index (κ1) is 16.0. The van der Waals surface area contributed by atoms with E-state index in [9.17, 15) is 14.7 Å². The largest absolute Gasteiger partial charge is 0.480 e. The van der Waals surface area contributed by atoms with Crippen LogP contribution in [0.5, 0.6) is 0 Å². The van der Waals surface area contributed by atoms with Crippen molar-refractivity contribution >= 4 is 12.4 Å². The molecule has 110 valence electrons. The summed E-state index contributed by atoms with van der Waals surface area (Å²) in [6.45, 7) is 7.58. The molecule has 2 N–H and O–H groups in total. The van der Waals surface area contributed by atoms with E-state index in [2.05, 4.69) is 12.2 Å². The number of nitrogens with zero attached hydrogens (tertiary/aromatic N) is 1. The third kappa shape index (κ3) is 4.82. The highest BCUT2D eigenvalue weighted by atomic mass is 16.4. The molecule has 0 aromatic carbocycles. The van der Waals surface area contributed by atoms with E-state index in [-0.39, 0.29) is 11.5 Å². The average Bonchev–Trinajstić information content (AvgIpc) is 2.75. The van der Waals surface area contributed by atoms with Crippen LogP contribution >= 0.6 is 0 Å². The lowest BCUT2D eigenvalue weighted by Crippen LogP contribution is -2.45. The number of carboxylic acid groups (broad SMARTS) is 1. The molecule has 1 aliphatic rings. The van der Waals surface area contributed by atoms with Crippen molar-refractivity contribution in [1.29, 1.82) is 0 Å². The first-order chi connectivity index (χ1) is 8.88. The maximum absolute atomic E-state index is 11.3. The van der Waals surface area contributed by atoms with Gasteiger partial charge in [-0.1, -0.05) is 13.8 Å². The van der Waals surface area contributed by atoms with Gasteiger partial charge >= 0.3 is 5.97 Å². The van der Waals surface area contributed by atoms with Crippen molar-refractivity contribution < 1.29 is 14.7 Å². The molecular weight excluding hydrogens is 244 g/mol. The Bertz CT molecular complexity index is 312. The van der Waals surface area contributed by atoms with Crippen LogP contribution in [0.4, 0.5) is 0 Å². The van der Waals surface area contributed by atoms with E-state index in [1.165, 1.54) is 4.90 Å². The highest BCUT2D eigenvalue weighted by Crippen LogP contribution is 2.23. The molecule has 1 heterocycles. The van der Waals surface area contributed by atoms with E-state index in [4.69, 9.17) is 0 Å². The van der Waals surface area contributed by atoms with Crippen molar-refractivity contribution in [3.8, 4) is 0 Å². The Morgan fingerprint density at radius 2 is 2.21 bits per heavy atom. The van der Waals surface area contributed by atoms with Gasteiger partial charge < -0.3 is 15.3 Å². The van der Waals surface area contributed by atoms with E-state index >= 15 is 0 Å². The number of carbonyl (C=O) groups excluding carboxylic acids is 1. The van der Waals surface area contributed by atoms with Crippen LogP contribution in [0.25, 0.3) is 0 Å². The average molecular weight is 270 g/mol. The van der Waals surface area contributed by atoms with Gasteiger partial charge in [-0.05, 0) is 45.1 Å². The summed E-state index contributed by atoms with van der Waals surface area (Å²) < 4.78 is 0. The Labute approximate surface area is 115 Å². The molecule has 0 bridgehead atoms. The van der Waals surface area contributed by atoms with Gasteiger partial charge in [0.25, 0.3) is 0 Å². The minimum atomic E-state index is -0.912. The van der Waals surface area contributed by atoms with E-state index < -0.39 is 12.0 Å². The molecule has 0 saturated carbocycles. The third-order valence-electron chi connectivity index (χ3n) is 3.89. The number of rotatable bonds is 8. The number of hydrogen-bond donors (Lipinski definition) is 2. The maximum atomic E-state index is 11.3. The number of carbonyl (C=O) groups is 2. The minimum absolute atomic E-state index is 0.0438. The molecule has 1 aliphatic heterocycles. The van der Waals surface area contributed by atoms with Gasteiger partial charge in [0.05, 0.1) is 0 Å². The fraction of sp³-hybridized carbons (Fsp3) is 0.857. The minimum Gasteiger partial charge on any atom is -0.480 e. The summed E-state index contributed by atoms with van der Waals surface area (Å²) in [4.78, 5) is 23.9. The van der Waals surface area contributed by atoms with Crippen LogP contribution in [0.2, 0.25) is 0 Å². The summed E-state index contributed by atoms with van der Waals surface area (Å²) in [6.07, 6.45) is 4.21. The van der Waals surface area contributed by atoms with Crippen LogP contribution in [0.3, 0.4) is 0 Å². The normalized spacial score (nSPS) is 24.4. The lowest BCUT2D eigenvalue weighted by Gasteiger charge is -2.31. The second kappa shape index (κ2) is 6.89. The standard InChI is InChI=1S/C14H26N2O3/c1-11(2)9-12(13(18)19)16(10-17)8-6-14(3)5-4-7-15-14/h10-12,15H,4-9H2,1-3H3,(H,18,19). The summed E-state index contributed by atoms with van der Waals surface area (Å²) in [6, 6.07) is -0.706. The van der Waals surface area contributed by atoms with Gasteiger partial charge in [-0.2, -0.15) is 0 Å². The van der Waals surface area contributed by atoms with Crippen LogP contribution in [-0.4, -0.2) is 47.1 Å². The van der Waals surface area contributed by atoms with Crippen molar-refractivity contribution in [2.45, 2.75) is 58.0 Å². The summed E-state index contributed by atoms with van der Waals surface area (Å²) in [7, 11) is 0. The third-order valence-corrected chi connectivity index (χ3v) is 3.89. The quantitative estimate of drug-likeness (QED) is 0.655. The Morgan fingerprint density at radius 3 is 2.63 bits per heavy atom. The van der Waals surface area contributed by atoms with Gasteiger partial charge in [0.2, 0.25) is 6.41 Å². The molecule has 5 heteroatoms. The van der Waals surface area contributed by atoms with E-state index in [0.29, 0.717) is 19.4 Å². The van der Waals surface area contributed by atoms with Gasteiger partial charge in [-0.25, -0.2) is 4.79 Å². The summed E-state index contributed by atoms with van der Waals surface area (Å²) in [5.74, 6) is -0.658. The molecule has 0 radical (unpaired) electrons. The molecule has 1 amide bonds. The van der Waals surface area contributed by atoms with Gasteiger partial charge in [0, 0.05) is 12.1 Å². The number of hydrogen-bond acceptors (Lipinski definition) is 3. The molecular formula is C14H26N2O3. The zero-order chi connectivity index (χ0) is 14.5. The monoisotopic (exact) mass is 270 g/mol. The molecule has 0 aromatic rings. The Kier molecular flexibility index (Phi) is 5.79. The summed E-state index contributed by atoms with van der Waals surface area (Å²) >= 11 is 0. The Morgan fingerprint density at radius 1 is 1.53 bits per heavy atom. The number of nitrogens with one attached hydrogen (secondary N) is 1. The first-order valence-corrected chi connectivity index (χ1v) is 7.07. The number of aliphatic carboxylic acids is 1. The molecule has 2 unspecified atom stereocenters. The second-order valence-corrected chi connectivity index (χ2v) is 6.17. The smallest absolute Gasteiger partial charge is 0.326 e. The van der Waals surface area contributed by atoms with Crippen LogP contribution in [-0.2, 0) is 9.59 Å². The van der Waals surface area contributed by atoms with Crippen molar-refractivity contribution in [2.24, 2.45) is 5.92 Å². The van der Waals surface area contributed by atoms with E-state index in [1.807, 2.05) is 13.8 Å². The molecule has 2 atom stereocenters. The number of amides is 1. The van der Waals surface area contributed by atoms with Gasteiger partial charge in [0.1, 0.15) is 6.04 Å². The predicted octanol–water partition coefficient (Wildman–Crippen LogP) is 1.48. The van der Waals surface area contributed by atoms with E-state index in [1.54, 1.807) is 0 Å². The zero-order valence-corrected chi connectivity index (χ0v) is 12.2. The zero-order valence-electron chi connectivity index (χ0n) is 12.2. The maximum Gasteiger partial charge on any atom is 0.326 e. The van der Waals surface area contributed by atoms with Crippen molar-refractivity contribution in [3.63, 3.8) is 0 Å². The van der Waals surface area contributed by atoms with Crippen molar-refractivity contribution in [2.75, 3.05) is 13.1 Å². The van der Waals surface area contributed by atoms with Gasteiger partial charge in [0.15, 0.2) is 0 Å². The molecule has 0 spiro atoms. The number of carboxylic acids is 1. The molecule has 19 heavy (non-hydrogen) atoms. The SMILES string of the molecule is CC(C)CC(C(=O)O)N(C=O)CCC1(C)CCCN1. The molecule has 0 aromatic heterocycles. The lowest BCUT2D eigenvalue weighted by molar-refractivity contribution is -0.147. The molecule has 1 saturated heterocycles. The Balaban J connectivity index is 2.59. The first-order valence-electron chi connectivity index (χ1n) is 7.07. The van der Waals surface area contributed by atoms with Crippen LogP contribution < -0.4 is 5.32 Å². The molecule has 0 aliphatic carbocycles. The predicted molar refractivity (Wildman–Crippen MR) is 73.9 cm³/mol. The van der Waals surface area contributed by atoms with E-state index in [0.717, 1.165) is 25.8 Å². The second-order valence-electron chi connectivity index (χ2n) is 6.17. The topological polar surface area (TPSA) is 69.6 Å². The van der Waals surface area contributed by atoms with Gasteiger partial charge in [-0.15, -0.1) is 0 Å². The van der Waals surface area contributed by atoms with Crippen molar-refractivity contribution in [1.82, 2.24) is 10.2 Å². The van der Waals surface area contributed by atoms with Crippen LogP contribution in [0, 0.1) is 5.92 Å². The molecule has 1 fully saturated rings.